The minimum atomic E-state index is 0.175. The van der Waals surface area contributed by atoms with Crippen LogP contribution in [0.25, 0.3) is 0 Å². The third-order valence-corrected chi connectivity index (χ3v) is 3.78. The van der Waals surface area contributed by atoms with Crippen molar-refractivity contribution in [2.75, 3.05) is 27.2 Å². The van der Waals surface area contributed by atoms with Crippen LogP contribution in [0, 0.1) is 12.8 Å². The fourth-order valence-corrected chi connectivity index (χ4v) is 2.83. The standard InChI is InChI=1S/C16H24N2O/c1-13-6-4-7-14(10-13)11-18-9-5-8-15(12-18)16(19)17(2)3/h4,6-7,10,15H,5,8-9,11-12H2,1-3H3. The van der Waals surface area contributed by atoms with Gasteiger partial charge < -0.3 is 4.90 Å². The van der Waals surface area contributed by atoms with E-state index in [9.17, 15) is 4.79 Å². The molecule has 3 nitrogen and oxygen atoms in total. The predicted molar refractivity (Wildman–Crippen MR) is 77.9 cm³/mol. The van der Waals surface area contributed by atoms with Gasteiger partial charge in [-0.3, -0.25) is 9.69 Å². The van der Waals surface area contributed by atoms with Gasteiger partial charge in [-0.25, -0.2) is 0 Å². The summed E-state index contributed by atoms with van der Waals surface area (Å²) in [5, 5.41) is 0. The highest BCUT2D eigenvalue weighted by atomic mass is 16.2. The Kier molecular flexibility index (Phi) is 4.59. The van der Waals surface area contributed by atoms with E-state index in [2.05, 4.69) is 36.1 Å². The van der Waals surface area contributed by atoms with Gasteiger partial charge in [0.15, 0.2) is 0 Å². The molecule has 1 fully saturated rings. The summed E-state index contributed by atoms with van der Waals surface area (Å²) in [7, 11) is 3.70. The van der Waals surface area contributed by atoms with Crippen LogP contribution in [0.4, 0.5) is 0 Å². The zero-order valence-electron chi connectivity index (χ0n) is 12.2. The third-order valence-electron chi connectivity index (χ3n) is 3.78. The number of hydrogen-bond donors (Lipinski definition) is 0. The van der Waals surface area contributed by atoms with Crippen LogP contribution in [0.1, 0.15) is 24.0 Å². The number of carbonyl (C=O) groups excluding carboxylic acids is 1. The Morgan fingerprint density at radius 2 is 2.21 bits per heavy atom. The Balaban J connectivity index is 1.96. The van der Waals surface area contributed by atoms with Gasteiger partial charge in [-0.15, -0.1) is 0 Å². The molecule has 1 atom stereocenters. The number of carbonyl (C=O) groups is 1. The maximum atomic E-state index is 12.0. The molecule has 1 aliphatic rings. The molecule has 2 rings (SSSR count). The molecule has 0 radical (unpaired) electrons. The fourth-order valence-electron chi connectivity index (χ4n) is 2.83. The maximum absolute atomic E-state index is 12.0. The van der Waals surface area contributed by atoms with Gasteiger partial charge in [-0.2, -0.15) is 0 Å². The van der Waals surface area contributed by atoms with Gasteiger partial charge in [-0.1, -0.05) is 29.8 Å². The average Bonchev–Trinajstić information content (AvgIpc) is 2.38. The van der Waals surface area contributed by atoms with Crippen LogP contribution in [0.3, 0.4) is 0 Å². The lowest BCUT2D eigenvalue weighted by Gasteiger charge is -2.33. The molecule has 0 bridgehead atoms. The van der Waals surface area contributed by atoms with Gasteiger partial charge in [0, 0.05) is 27.2 Å². The van der Waals surface area contributed by atoms with Gasteiger partial charge in [0.1, 0.15) is 0 Å². The van der Waals surface area contributed by atoms with Crippen molar-refractivity contribution in [3.63, 3.8) is 0 Å². The topological polar surface area (TPSA) is 23.6 Å². The summed E-state index contributed by atoms with van der Waals surface area (Å²) in [6, 6.07) is 8.64. The van der Waals surface area contributed by atoms with Gasteiger partial charge in [0.25, 0.3) is 0 Å². The molecule has 0 N–H and O–H groups in total. The highest BCUT2D eigenvalue weighted by Crippen LogP contribution is 2.20. The van der Waals surface area contributed by atoms with E-state index in [1.165, 1.54) is 11.1 Å². The lowest BCUT2D eigenvalue weighted by Crippen LogP contribution is -2.42. The molecule has 1 heterocycles. The lowest BCUT2D eigenvalue weighted by molar-refractivity contribution is -0.134. The molecule has 0 aliphatic carbocycles. The van der Waals surface area contributed by atoms with E-state index in [1.807, 2.05) is 14.1 Å². The van der Waals surface area contributed by atoms with Crippen LogP contribution >= 0.6 is 0 Å². The first-order chi connectivity index (χ1) is 9.06. The molecule has 1 saturated heterocycles. The number of benzene rings is 1. The summed E-state index contributed by atoms with van der Waals surface area (Å²) in [4.78, 5) is 16.2. The Morgan fingerprint density at radius 1 is 1.42 bits per heavy atom. The fraction of sp³-hybridized carbons (Fsp3) is 0.562. The minimum absolute atomic E-state index is 0.175. The monoisotopic (exact) mass is 260 g/mol. The van der Waals surface area contributed by atoms with Crippen LogP contribution in [0.15, 0.2) is 24.3 Å². The van der Waals surface area contributed by atoms with Crippen molar-refractivity contribution in [2.24, 2.45) is 5.92 Å². The molecule has 104 valence electrons. The van der Waals surface area contributed by atoms with Crippen molar-refractivity contribution >= 4 is 5.91 Å². The van der Waals surface area contributed by atoms with Crippen molar-refractivity contribution in [1.29, 1.82) is 0 Å². The largest absolute Gasteiger partial charge is 0.349 e. The van der Waals surface area contributed by atoms with Crippen molar-refractivity contribution in [1.82, 2.24) is 9.80 Å². The minimum Gasteiger partial charge on any atom is -0.349 e. The smallest absolute Gasteiger partial charge is 0.226 e. The normalized spacial score (nSPS) is 20.3. The van der Waals surface area contributed by atoms with Crippen molar-refractivity contribution < 1.29 is 4.79 Å². The quantitative estimate of drug-likeness (QED) is 0.832. The summed E-state index contributed by atoms with van der Waals surface area (Å²) >= 11 is 0. The van der Waals surface area contributed by atoms with E-state index in [-0.39, 0.29) is 11.8 Å². The van der Waals surface area contributed by atoms with Crippen LogP contribution < -0.4 is 0 Å². The molecule has 0 saturated carbocycles. The summed E-state index contributed by atoms with van der Waals surface area (Å²) in [6.45, 7) is 5.08. The second-order valence-corrected chi connectivity index (χ2v) is 5.80. The molecular weight excluding hydrogens is 236 g/mol. The van der Waals surface area contributed by atoms with Crippen LogP contribution in [-0.2, 0) is 11.3 Å². The van der Waals surface area contributed by atoms with Crippen LogP contribution in [-0.4, -0.2) is 42.9 Å². The SMILES string of the molecule is Cc1cccc(CN2CCCC(C(=O)N(C)C)C2)c1. The summed E-state index contributed by atoms with van der Waals surface area (Å²) < 4.78 is 0. The second kappa shape index (κ2) is 6.20. The molecule has 1 amide bonds. The highest BCUT2D eigenvalue weighted by molar-refractivity contribution is 5.78. The number of nitrogens with zero attached hydrogens (tertiary/aromatic N) is 2. The van der Waals surface area contributed by atoms with Crippen molar-refractivity contribution in [2.45, 2.75) is 26.3 Å². The molecule has 1 aromatic carbocycles. The Hall–Kier alpha value is -1.35. The molecular formula is C16H24N2O. The Labute approximate surface area is 116 Å². The number of piperidine rings is 1. The number of likely N-dealkylation sites (tertiary alicyclic amines) is 1. The van der Waals surface area contributed by atoms with Gasteiger partial charge in [0.2, 0.25) is 5.91 Å². The van der Waals surface area contributed by atoms with Crippen LogP contribution in [0.2, 0.25) is 0 Å². The maximum Gasteiger partial charge on any atom is 0.226 e. The Bertz CT molecular complexity index is 442. The first-order valence-corrected chi connectivity index (χ1v) is 7.05. The van der Waals surface area contributed by atoms with Gasteiger partial charge in [0.05, 0.1) is 5.92 Å². The highest BCUT2D eigenvalue weighted by Gasteiger charge is 2.26. The number of aryl methyl sites for hydroxylation is 1. The number of rotatable bonds is 3. The van der Waals surface area contributed by atoms with Gasteiger partial charge >= 0.3 is 0 Å². The van der Waals surface area contributed by atoms with E-state index in [4.69, 9.17) is 0 Å². The van der Waals surface area contributed by atoms with E-state index in [0.717, 1.165) is 32.5 Å². The van der Waals surface area contributed by atoms with Crippen molar-refractivity contribution in [3.8, 4) is 0 Å². The van der Waals surface area contributed by atoms with E-state index < -0.39 is 0 Å². The molecule has 0 spiro atoms. The van der Waals surface area contributed by atoms with Crippen molar-refractivity contribution in [3.05, 3.63) is 35.4 Å². The summed E-state index contributed by atoms with van der Waals surface area (Å²) in [6.07, 6.45) is 2.15. The van der Waals surface area contributed by atoms with E-state index >= 15 is 0 Å². The molecule has 0 aromatic heterocycles. The van der Waals surface area contributed by atoms with Gasteiger partial charge in [-0.05, 0) is 31.9 Å². The first-order valence-electron chi connectivity index (χ1n) is 7.05. The van der Waals surface area contributed by atoms with E-state index in [0.29, 0.717) is 0 Å². The first kappa shape index (κ1) is 14.1. The number of amides is 1. The zero-order chi connectivity index (χ0) is 13.8. The van der Waals surface area contributed by atoms with E-state index in [1.54, 1.807) is 4.90 Å². The summed E-state index contributed by atoms with van der Waals surface area (Å²) in [5.41, 5.74) is 2.65. The molecule has 19 heavy (non-hydrogen) atoms. The molecule has 1 aromatic rings. The molecule has 3 heteroatoms. The molecule has 1 unspecified atom stereocenters. The average molecular weight is 260 g/mol. The lowest BCUT2D eigenvalue weighted by atomic mass is 9.96. The predicted octanol–water partition coefficient (Wildman–Crippen LogP) is 2.30. The third kappa shape index (κ3) is 3.80. The number of hydrogen-bond acceptors (Lipinski definition) is 2. The zero-order valence-corrected chi connectivity index (χ0v) is 12.2. The Morgan fingerprint density at radius 3 is 2.89 bits per heavy atom. The molecule has 1 aliphatic heterocycles. The van der Waals surface area contributed by atoms with Crippen LogP contribution in [0.5, 0.6) is 0 Å². The second-order valence-electron chi connectivity index (χ2n) is 5.80. The summed E-state index contributed by atoms with van der Waals surface area (Å²) in [5.74, 6) is 0.447.